The molecule has 32 heavy (non-hydrogen) atoms. The number of rotatable bonds is 6. The van der Waals surface area contributed by atoms with Gasteiger partial charge in [0, 0.05) is 24.5 Å². The summed E-state index contributed by atoms with van der Waals surface area (Å²) in [4.78, 5) is 29.3. The topological polar surface area (TPSA) is 68.2 Å². The lowest BCUT2D eigenvalue weighted by atomic mass is 9.91. The molecule has 3 heterocycles. The number of aryl methyl sites for hydroxylation is 2. The maximum atomic E-state index is 13.7. The van der Waals surface area contributed by atoms with Crippen LogP contribution < -0.4 is 4.74 Å². The molecule has 0 radical (unpaired) electrons. The Hall–Kier alpha value is -2.87. The second kappa shape index (κ2) is 9.73. The molecule has 4 rings (SSSR count). The number of amides is 1. The smallest absolute Gasteiger partial charge is 0.316 e. The van der Waals surface area contributed by atoms with Crippen molar-refractivity contribution in [3.63, 3.8) is 0 Å². The molecule has 1 aromatic carbocycles. The molecule has 0 N–H and O–H groups in total. The average molecular weight is 455 g/mol. The highest BCUT2D eigenvalue weighted by molar-refractivity contribution is 7.14. The Morgan fingerprint density at radius 1 is 1.25 bits per heavy atom. The average Bonchev–Trinajstić information content (AvgIpc) is 3.20. The monoisotopic (exact) mass is 454 g/mol. The predicted molar refractivity (Wildman–Crippen MR) is 122 cm³/mol. The fourth-order valence-corrected chi connectivity index (χ4v) is 4.92. The zero-order valence-corrected chi connectivity index (χ0v) is 19.4. The number of carbonyl (C=O) groups excluding carboxylic acids is 1. The molecule has 1 aliphatic rings. The number of thiazole rings is 1. The summed E-state index contributed by atoms with van der Waals surface area (Å²) in [6, 6.07) is 6.35. The molecule has 1 amide bonds. The van der Waals surface area contributed by atoms with Gasteiger partial charge in [-0.05, 0) is 61.9 Å². The SMILES string of the molecule is CCc1cnc(OC[C@@H]2[C@H](C)CCCN2C(=O)c2sc(C)nc2-c2ccc(F)cc2)nc1. The number of piperidine rings is 1. The van der Waals surface area contributed by atoms with E-state index in [2.05, 4.69) is 21.9 Å². The molecule has 0 unspecified atom stereocenters. The molecule has 2 atom stereocenters. The van der Waals surface area contributed by atoms with Crippen LogP contribution in [0.15, 0.2) is 36.7 Å². The highest BCUT2D eigenvalue weighted by Crippen LogP contribution is 2.32. The number of ether oxygens (including phenoxy) is 1. The molecule has 0 spiro atoms. The first-order valence-corrected chi connectivity index (χ1v) is 11.8. The van der Waals surface area contributed by atoms with Gasteiger partial charge in [-0.25, -0.2) is 19.3 Å². The van der Waals surface area contributed by atoms with Gasteiger partial charge < -0.3 is 9.64 Å². The van der Waals surface area contributed by atoms with E-state index in [1.165, 1.54) is 23.5 Å². The summed E-state index contributed by atoms with van der Waals surface area (Å²) in [5, 5.41) is 0.801. The largest absolute Gasteiger partial charge is 0.461 e. The quantitative estimate of drug-likeness (QED) is 0.528. The van der Waals surface area contributed by atoms with E-state index in [4.69, 9.17) is 4.74 Å². The number of benzene rings is 1. The van der Waals surface area contributed by atoms with Crippen LogP contribution in [0.2, 0.25) is 0 Å². The Labute approximate surface area is 191 Å². The van der Waals surface area contributed by atoms with Crippen LogP contribution in [-0.4, -0.2) is 45.0 Å². The Balaban J connectivity index is 1.56. The fourth-order valence-electron chi connectivity index (χ4n) is 4.02. The van der Waals surface area contributed by atoms with Gasteiger partial charge in [-0.3, -0.25) is 4.79 Å². The van der Waals surface area contributed by atoms with Gasteiger partial charge in [0.2, 0.25) is 0 Å². The molecule has 3 aromatic rings. The maximum Gasteiger partial charge on any atom is 0.316 e. The molecular formula is C24H27FN4O2S. The number of hydrogen-bond acceptors (Lipinski definition) is 6. The van der Waals surface area contributed by atoms with Crippen LogP contribution >= 0.6 is 11.3 Å². The number of halogens is 1. The molecule has 2 aromatic heterocycles. The van der Waals surface area contributed by atoms with Crippen molar-refractivity contribution in [3.8, 4) is 17.3 Å². The van der Waals surface area contributed by atoms with Crippen molar-refractivity contribution < 1.29 is 13.9 Å². The van der Waals surface area contributed by atoms with Crippen molar-refractivity contribution in [3.05, 3.63) is 57.9 Å². The molecule has 6 nitrogen and oxygen atoms in total. The highest BCUT2D eigenvalue weighted by atomic mass is 32.1. The van der Waals surface area contributed by atoms with Crippen molar-refractivity contribution >= 4 is 17.2 Å². The third-order valence-electron chi connectivity index (χ3n) is 5.90. The van der Waals surface area contributed by atoms with Crippen molar-refractivity contribution in [2.24, 2.45) is 5.92 Å². The number of carbonyl (C=O) groups is 1. The first-order chi connectivity index (χ1) is 15.5. The minimum Gasteiger partial charge on any atom is -0.461 e. The summed E-state index contributed by atoms with van der Waals surface area (Å²) in [5.41, 5.74) is 2.39. The van der Waals surface area contributed by atoms with Crippen molar-refractivity contribution in [1.29, 1.82) is 0 Å². The number of aromatic nitrogens is 3. The van der Waals surface area contributed by atoms with E-state index in [9.17, 15) is 9.18 Å². The van der Waals surface area contributed by atoms with Gasteiger partial charge in [0.05, 0.1) is 16.7 Å². The van der Waals surface area contributed by atoms with Crippen LogP contribution in [0.1, 0.15) is 46.9 Å². The Bertz CT molecular complexity index is 1070. The second-order valence-electron chi connectivity index (χ2n) is 8.14. The van der Waals surface area contributed by atoms with E-state index in [0.29, 0.717) is 29.7 Å². The standard InChI is InChI=1S/C24H27FN4O2S/c1-4-17-12-26-24(27-13-17)31-14-20-15(2)6-5-11-29(20)23(30)22-21(28-16(3)32-22)18-7-9-19(25)10-8-18/h7-10,12-13,15,20H,4-6,11,14H2,1-3H3/t15-,20-/m1/s1. The van der Waals surface area contributed by atoms with E-state index >= 15 is 0 Å². The van der Waals surface area contributed by atoms with Crippen LogP contribution in [0.4, 0.5) is 4.39 Å². The van der Waals surface area contributed by atoms with Crippen LogP contribution in [0.3, 0.4) is 0 Å². The van der Waals surface area contributed by atoms with Gasteiger partial charge in [-0.1, -0.05) is 13.8 Å². The Morgan fingerprint density at radius 3 is 2.66 bits per heavy atom. The van der Waals surface area contributed by atoms with Crippen LogP contribution in [0, 0.1) is 18.7 Å². The zero-order valence-electron chi connectivity index (χ0n) is 18.5. The third kappa shape index (κ3) is 4.80. The lowest BCUT2D eigenvalue weighted by Crippen LogP contribution is -2.50. The number of likely N-dealkylation sites (tertiary alicyclic amines) is 1. The lowest BCUT2D eigenvalue weighted by molar-refractivity contribution is 0.0386. The number of nitrogens with zero attached hydrogens (tertiary/aromatic N) is 4. The highest BCUT2D eigenvalue weighted by Gasteiger charge is 2.35. The van der Waals surface area contributed by atoms with Crippen LogP contribution in [-0.2, 0) is 6.42 Å². The Morgan fingerprint density at radius 2 is 1.97 bits per heavy atom. The van der Waals surface area contributed by atoms with E-state index in [-0.39, 0.29) is 23.7 Å². The molecule has 1 saturated heterocycles. The van der Waals surface area contributed by atoms with Crippen molar-refractivity contribution in [2.75, 3.05) is 13.2 Å². The molecule has 0 bridgehead atoms. The van der Waals surface area contributed by atoms with Gasteiger partial charge in [-0.15, -0.1) is 11.3 Å². The van der Waals surface area contributed by atoms with Crippen LogP contribution in [0.5, 0.6) is 6.01 Å². The summed E-state index contributed by atoms with van der Waals surface area (Å²) in [6.45, 7) is 7.07. The maximum absolute atomic E-state index is 13.7. The normalized spacial score (nSPS) is 18.6. The summed E-state index contributed by atoms with van der Waals surface area (Å²) in [6.07, 6.45) is 6.37. The molecule has 0 aliphatic carbocycles. The summed E-state index contributed by atoms with van der Waals surface area (Å²) in [7, 11) is 0. The van der Waals surface area contributed by atoms with Gasteiger partial charge in [-0.2, -0.15) is 0 Å². The first kappa shape index (κ1) is 22.3. The molecular weight excluding hydrogens is 427 g/mol. The molecule has 1 aliphatic heterocycles. The summed E-state index contributed by atoms with van der Waals surface area (Å²) in [5.74, 6) is -0.0898. The minimum absolute atomic E-state index is 0.0580. The minimum atomic E-state index is -0.315. The molecule has 0 saturated carbocycles. The van der Waals surface area contributed by atoms with Gasteiger partial charge >= 0.3 is 6.01 Å². The Kier molecular flexibility index (Phi) is 6.79. The van der Waals surface area contributed by atoms with Crippen molar-refractivity contribution in [1.82, 2.24) is 19.9 Å². The molecule has 1 fully saturated rings. The van der Waals surface area contributed by atoms with E-state index in [1.807, 2.05) is 18.7 Å². The fraction of sp³-hybridized carbons (Fsp3) is 0.417. The van der Waals surface area contributed by atoms with Gasteiger partial charge in [0.25, 0.3) is 5.91 Å². The zero-order chi connectivity index (χ0) is 22.7. The van der Waals surface area contributed by atoms with Crippen molar-refractivity contribution in [2.45, 2.75) is 46.1 Å². The first-order valence-electron chi connectivity index (χ1n) is 10.9. The summed E-state index contributed by atoms with van der Waals surface area (Å²) < 4.78 is 19.3. The van der Waals surface area contributed by atoms with E-state index in [0.717, 1.165) is 35.4 Å². The number of hydrogen-bond donors (Lipinski definition) is 0. The van der Waals surface area contributed by atoms with Gasteiger partial charge in [0.1, 0.15) is 17.3 Å². The predicted octanol–water partition coefficient (Wildman–Crippen LogP) is 4.93. The lowest BCUT2D eigenvalue weighted by Gasteiger charge is -2.39. The third-order valence-corrected chi connectivity index (χ3v) is 6.85. The van der Waals surface area contributed by atoms with E-state index in [1.54, 1.807) is 24.5 Å². The molecule has 168 valence electrons. The molecule has 8 heteroatoms. The van der Waals surface area contributed by atoms with Gasteiger partial charge in [0.15, 0.2) is 0 Å². The van der Waals surface area contributed by atoms with Crippen LogP contribution in [0.25, 0.3) is 11.3 Å². The van der Waals surface area contributed by atoms with E-state index < -0.39 is 0 Å². The second-order valence-corrected chi connectivity index (χ2v) is 9.34. The summed E-state index contributed by atoms with van der Waals surface area (Å²) >= 11 is 1.38.